The normalized spacial score (nSPS) is 10.9. The van der Waals surface area contributed by atoms with Crippen LogP contribution in [0.3, 0.4) is 0 Å². The number of hydrogen-bond donors (Lipinski definition) is 1. The average Bonchev–Trinajstić information content (AvgIpc) is 2.62. The summed E-state index contributed by atoms with van der Waals surface area (Å²) in [5.74, 6) is -0.522. The van der Waals surface area contributed by atoms with Crippen molar-refractivity contribution in [2.24, 2.45) is 0 Å². The molecule has 0 fully saturated rings. The highest BCUT2D eigenvalue weighted by Crippen LogP contribution is 2.30. The second-order valence-electron chi connectivity index (χ2n) is 5.44. The maximum Gasteiger partial charge on any atom is 0.387 e. The molecule has 1 amide bonds. The van der Waals surface area contributed by atoms with Gasteiger partial charge in [-0.3, -0.25) is 9.59 Å². The van der Waals surface area contributed by atoms with E-state index >= 15 is 0 Å². The van der Waals surface area contributed by atoms with E-state index < -0.39 is 12.5 Å². The molecule has 0 aliphatic heterocycles. The van der Waals surface area contributed by atoms with Gasteiger partial charge in [-0.1, -0.05) is 18.2 Å². The van der Waals surface area contributed by atoms with E-state index in [0.717, 1.165) is 0 Å². The van der Waals surface area contributed by atoms with Crippen molar-refractivity contribution in [3.05, 3.63) is 59.7 Å². The summed E-state index contributed by atoms with van der Waals surface area (Å²) in [6, 6.07) is 11.0. The monoisotopic (exact) mass is 375 g/mol. The van der Waals surface area contributed by atoms with E-state index in [4.69, 9.17) is 4.74 Å². The van der Waals surface area contributed by atoms with Crippen LogP contribution < -0.4 is 14.8 Å². The minimum absolute atomic E-state index is 0.0798. The minimum atomic E-state index is -2.96. The maximum atomic E-state index is 12.4. The van der Waals surface area contributed by atoms with Crippen molar-refractivity contribution in [2.75, 3.05) is 11.9 Å². The van der Waals surface area contributed by atoms with Crippen LogP contribution in [0, 0.1) is 0 Å². The topological polar surface area (TPSA) is 64.6 Å². The van der Waals surface area contributed by atoms with Crippen molar-refractivity contribution in [1.29, 1.82) is 0 Å². The number of ketones is 1. The molecule has 0 aromatic heterocycles. The van der Waals surface area contributed by atoms with Crippen molar-refractivity contribution in [3.63, 3.8) is 0 Å². The zero-order chi connectivity index (χ0) is 19.8. The second-order valence-corrected chi connectivity index (χ2v) is 5.44. The van der Waals surface area contributed by atoms with Gasteiger partial charge < -0.3 is 14.8 Å². The fourth-order valence-corrected chi connectivity index (χ4v) is 2.34. The Labute approximate surface area is 155 Å². The number of nitrogens with one attached hydrogen (secondary N) is 1. The molecule has 0 heterocycles. The number of para-hydroxylation sites is 1. The molecule has 0 aliphatic rings. The molecule has 2 aromatic carbocycles. The Morgan fingerprint density at radius 1 is 1.15 bits per heavy atom. The number of halogens is 2. The van der Waals surface area contributed by atoms with E-state index in [-0.39, 0.29) is 23.9 Å². The number of anilines is 1. The second kappa shape index (κ2) is 9.47. The lowest BCUT2D eigenvalue weighted by atomic mass is 10.1. The Kier molecular flexibility index (Phi) is 7.05. The van der Waals surface area contributed by atoms with Crippen LogP contribution in [-0.2, 0) is 4.79 Å². The van der Waals surface area contributed by atoms with Crippen molar-refractivity contribution in [3.8, 4) is 11.5 Å². The van der Waals surface area contributed by atoms with Gasteiger partial charge in [0, 0.05) is 11.6 Å². The molecule has 142 valence electrons. The number of alkyl halides is 2. The van der Waals surface area contributed by atoms with Crippen LogP contribution in [0.2, 0.25) is 0 Å². The van der Waals surface area contributed by atoms with E-state index in [2.05, 4.69) is 10.1 Å². The van der Waals surface area contributed by atoms with Gasteiger partial charge in [-0.25, -0.2) is 0 Å². The smallest absolute Gasteiger partial charge is 0.387 e. The largest absolute Gasteiger partial charge is 0.490 e. The predicted molar refractivity (Wildman–Crippen MR) is 98.4 cm³/mol. The fraction of sp³-hybridized carbons (Fsp3) is 0.200. The summed E-state index contributed by atoms with van der Waals surface area (Å²) in [7, 11) is 0. The molecule has 2 aromatic rings. The first-order chi connectivity index (χ1) is 12.9. The third-order valence-corrected chi connectivity index (χ3v) is 3.48. The summed E-state index contributed by atoms with van der Waals surface area (Å²) in [4.78, 5) is 23.7. The summed E-state index contributed by atoms with van der Waals surface area (Å²) >= 11 is 0. The molecule has 0 radical (unpaired) electrons. The highest BCUT2D eigenvalue weighted by Gasteiger charge is 2.11. The number of amides is 1. The van der Waals surface area contributed by atoms with Gasteiger partial charge in [0.2, 0.25) is 5.91 Å². The lowest BCUT2D eigenvalue weighted by Crippen LogP contribution is -2.11. The Bertz CT molecular complexity index is 850. The molecule has 7 heteroatoms. The molecule has 0 saturated heterocycles. The number of carbonyl (C=O) groups is 2. The van der Waals surface area contributed by atoms with E-state index in [1.807, 2.05) is 0 Å². The Morgan fingerprint density at radius 3 is 2.56 bits per heavy atom. The first kappa shape index (κ1) is 20.1. The Morgan fingerprint density at radius 2 is 1.89 bits per heavy atom. The summed E-state index contributed by atoms with van der Waals surface area (Å²) in [6.07, 6.45) is 2.77. The van der Waals surface area contributed by atoms with Gasteiger partial charge in [-0.05, 0) is 49.8 Å². The van der Waals surface area contributed by atoms with E-state index in [1.165, 1.54) is 37.3 Å². The molecule has 0 bridgehead atoms. The van der Waals surface area contributed by atoms with E-state index in [1.54, 1.807) is 31.2 Å². The molecule has 5 nitrogen and oxygen atoms in total. The SMILES string of the molecule is CCOc1cc(/C=C/C(=O)Nc2ccccc2C(C)=O)ccc1OC(F)F. The quantitative estimate of drug-likeness (QED) is 0.543. The summed E-state index contributed by atoms with van der Waals surface area (Å²) in [5.41, 5.74) is 1.39. The number of carbonyl (C=O) groups excluding carboxylic acids is 2. The molecule has 27 heavy (non-hydrogen) atoms. The molecule has 1 N–H and O–H groups in total. The number of rotatable bonds is 8. The number of hydrogen-bond acceptors (Lipinski definition) is 4. The Hall–Kier alpha value is -3.22. The third kappa shape index (κ3) is 5.91. The van der Waals surface area contributed by atoms with E-state index in [0.29, 0.717) is 16.8 Å². The van der Waals surface area contributed by atoms with Crippen LogP contribution in [0.15, 0.2) is 48.5 Å². The molecule has 0 aliphatic carbocycles. The van der Waals surface area contributed by atoms with Gasteiger partial charge >= 0.3 is 6.61 Å². The van der Waals surface area contributed by atoms with Crippen LogP contribution in [0.5, 0.6) is 11.5 Å². The molecular formula is C20H19F2NO4. The average molecular weight is 375 g/mol. The van der Waals surface area contributed by atoms with Crippen molar-refractivity contribution >= 4 is 23.5 Å². The molecule has 0 atom stereocenters. The van der Waals surface area contributed by atoms with Crippen LogP contribution in [-0.4, -0.2) is 24.9 Å². The lowest BCUT2D eigenvalue weighted by Gasteiger charge is -2.11. The van der Waals surface area contributed by atoms with Crippen molar-refractivity contribution in [2.45, 2.75) is 20.5 Å². The number of Topliss-reactive ketones (excluding diaryl/α,β-unsaturated/α-hetero) is 1. The third-order valence-electron chi connectivity index (χ3n) is 3.48. The summed E-state index contributed by atoms with van der Waals surface area (Å²) in [5, 5.41) is 2.64. The molecule has 0 saturated carbocycles. The molecule has 2 rings (SSSR count). The minimum Gasteiger partial charge on any atom is -0.490 e. The lowest BCUT2D eigenvalue weighted by molar-refractivity contribution is -0.111. The predicted octanol–water partition coefficient (Wildman–Crippen LogP) is 4.54. The first-order valence-electron chi connectivity index (χ1n) is 8.21. The van der Waals surface area contributed by atoms with Crippen molar-refractivity contribution in [1.82, 2.24) is 0 Å². The van der Waals surface area contributed by atoms with Gasteiger partial charge in [-0.15, -0.1) is 0 Å². The van der Waals surface area contributed by atoms with E-state index in [9.17, 15) is 18.4 Å². The number of benzene rings is 2. The summed E-state index contributed by atoms with van der Waals surface area (Å²) in [6.45, 7) is 0.445. The first-order valence-corrected chi connectivity index (χ1v) is 8.21. The maximum absolute atomic E-state index is 12.4. The van der Waals surface area contributed by atoms with Gasteiger partial charge in [-0.2, -0.15) is 8.78 Å². The van der Waals surface area contributed by atoms with Crippen molar-refractivity contribution < 1.29 is 27.8 Å². The highest BCUT2D eigenvalue weighted by molar-refractivity contribution is 6.07. The van der Waals surface area contributed by atoms with Gasteiger partial charge in [0.25, 0.3) is 0 Å². The molecule has 0 unspecified atom stereocenters. The van der Waals surface area contributed by atoms with Crippen LogP contribution >= 0.6 is 0 Å². The highest BCUT2D eigenvalue weighted by atomic mass is 19.3. The Balaban J connectivity index is 2.14. The molecule has 0 spiro atoms. The van der Waals surface area contributed by atoms with Gasteiger partial charge in [0.05, 0.1) is 12.3 Å². The van der Waals surface area contributed by atoms with Gasteiger partial charge in [0.15, 0.2) is 17.3 Å². The fourth-order valence-electron chi connectivity index (χ4n) is 2.34. The van der Waals surface area contributed by atoms with Gasteiger partial charge in [0.1, 0.15) is 0 Å². The summed E-state index contributed by atoms with van der Waals surface area (Å²) < 4.78 is 34.5. The van der Waals surface area contributed by atoms with Crippen LogP contribution in [0.1, 0.15) is 29.8 Å². The van der Waals surface area contributed by atoms with Crippen LogP contribution in [0.25, 0.3) is 6.08 Å². The standard InChI is InChI=1S/C20H19F2NO4/c1-3-26-18-12-14(8-10-17(18)27-20(21)22)9-11-19(25)23-16-7-5-4-6-15(16)13(2)24/h4-12,20H,3H2,1-2H3,(H,23,25)/b11-9+. The van der Waals surface area contributed by atoms with Crippen LogP contribution in [0.4, 0.5) is 14.5 Å². The number of ether oxygens (including phenoxy) is 2. The zero-order valence-electron chi connectivity index (χ0n) is 14.9. The molecular weight excluding hydrogens is 356 g/mol. The zero-order valence-corrected chi connectivity index (χ0v) is 14.9.